The highest BCUT2D eigenvalue weighted by molar-refractivity contribution is 5.78. The molecule has 0 aliphatic carbocycles. The number of aliphatic hydroxyl groups is 1. The quantitative estimate of drug-likeness (QED) is 0.389. The van der Waals surface area contributed by atoms with Crippen LogP contribution in [0.25, 0.3) is 0 Å². The molecule has 6 heteroatoms. The first-order chi connectivity index (χ1) is 7.07. The highest BCUT2D eigenvalue weighted by atomic mass is 16.4. The maximum atomic E-state index is 11.1. The molecule has 88 valence electrons. The SMILES string of the molecule is CCCNCC(=O)NCC[C@H](O)C(=O)O. The predicted octanol–water partition coefficient (Wildman–Crippen LogP) is -1.06. The second kappa shape index (κ2) is 8.19. The van der Waals surface area contributed by atoms with Gasteiger partial charge in [0.05, 0.1) is 6.54 Å². The van der Waals surface area contributed by atoms with Gasteiger partial charge >= 0.3 is 5.97 Å². The molecule has 0 aliphatic rings. The molecule has 0 aliphatic heterocycles. The van der Waals surface area contributed by atoms with Crippen molar-refractivity contribution in [1.82, 2.24) is 10.6 Å². The Morgan fingerprint density at radius 2 is 2.00 bits per heavy atom. The van der Waals surface area contributed by atoms with E-state index in [4.69, 9.17) is 10.2 Å². The summed E-state index contributed by atoms with van der Waals surface area (Å²) in [5.74, 6) is -1.46. The number of carboxylic acids is 1. The molecule has 0 aromatic carbocycles. The lowest BCUT2D eigenvalue weighted by Gasteiger charge is -2.07. The number of carbonyl (C=O) groups excluding carboxylic acids is 1. The average Bonchev–Trinajstić information content (AvgIpc) is 2.18. The van der Waals surface area contributed by atoms with Crippen LogP contribution in [-0.4, -0.2) is 47.8 Å². The highest BCUT2D eigenvalue weighted by Gasteiger charge is 2.12. The van der Waals surface area contributed by atoms with Crippen molar-refractivity contribution in [3.8, 4) is 0 Å². The van der Waals surface area contributed by atoms with E-state index in [1.165, 1.54) is 0 Å². The lowest BCUT2D eigenvalue weighted by Crippen LogP contribution is -2.36. The minimum atomic E-state index is -1.41. The van der Waals surface area contributed by atoms with Crippen LogP contribution in [-0.2, 0) is 9.59 Å². The molecular formula is C9H18N2O4. The summed E-state index contributed by atoms with van der Waals surface area (Å²) in [6.07, 6.45) is -0.436. The predicted molar refractivity (Wildman–Crippen MR) is 54.4 cm³/mol. The second-order valence-corrected chi connectivity index (χ2v) is 3.17. The molecule has 0 aromatic heterocycles. The van der Waals surface area contributed by atoms with Gasteiger partial charge in [-0.1, -0.05) is 6.92 Å². The van der Waals surface area contributed by atoms with Crippen molar-refractivity contribution in [3.63, 3.8) is 0 Å². The smallest absolute Gasteiger partial charge is 0.332 e. The van der Waals surface area contributed by atoms with Crippen molar-refractivity contribution in [2.24, 2.45) is 0 Å². The Hall–Kier alpha value is -1.14. The first-order valence-corrected chi connectivity index (χ1v) is 4.96. The van der Waals surface area contributed by atoms with Crippen LogP contribution in [0.3, 0.4) is 0 Å². The zero-order valence-electron chi connectivity index (χ0n) is 8.82. The second-order valence-electron chi connectivity index (χ2n) is 3.17. The Labute approximate surface area is 88.7 Å². The number of carbonyl (C=O) groups is 2. The monoisotopic (exact) mass is 218 g/mol. The summed E-state index contributed by atoms with van der Waals surface area (Å²) in [7, 11) is 0. The van der Waals surface area contributed by atoms with E-state index in [0.717, 1.165) is 13.0 Å². The van der Waals surface area contributed by atoms with Gasteiger partial charge in [0.15, 0.2) is 6.10 Å². The van der Waals surface area contributed by atoms with Gasteiger partial charge in [-0.2, -0.15) is 0 Å². The zero-order valence-corrected chi connectivity index (χ0v) is 8.82. The van der Waals surface area contributed by atoms with Crippen molar-refractivity contribution in [2.45, 2.75) is 25.9 Å². The molecule has 1 amide bonds. The summed E-state index contributed by atoms with van der Waals surface area (Å²) in [6, 6.07) is 0. The van der Waals surface area contributed by atoms with E-state index in [1.54, 1.807) is 0 Å². The first-order valence-electron chi connectivity index (χ1n) is 4.96. The number of aliphatic carboxylic acids is 1. The molecule has 0 saturated heterocycles. The van der Waals surface area contributed by atoms with Crippen LogP contribution in [0.5, 0.6) is 0 Å². The molecule has 15 heavy (non-hydrogen) atoms. The third kappa shape index (κ3) is 7.90. The summed E-state index contributed by atoms with van der Waals surface area (Å²) in [5.41, 5.74) is 0. The van der Waals surface area contributed by atoms with E-state index in [0.29, 0.717) is 0 Å². The molecular weight excluding hydrogens is 200 g/mol. The summed E-state index contributed by atoms with van der Waals surface area (Å²) < 4.78 is 0. The molecule has 1 atom stereocenters. The van der Waals surface area contributed by atoms with Crippen LogP contribution in [0.15, 0.2) is 0 Å². The number of nitrogens with one attached hydrogen (secondary N) is 2. The van der Waals surface area contributed by atoms with Crippen molar-refractivity contribution >= 4 is 11.9 Å². The number of rotatable bonds is 8. The Bertz CT molecular complexity index is 208. The van der Waals surface area contributed by atoms with E-state index in [9.17, 15) is 9.59 Å². The number of carboxylic acid groups (broad SMARTS) is 1. The number of hydrogen-bond donors (Lipinski definition) is 4. The van der Waals surface area contributed by atoms with Crippen molar-refractivity contribution in [3.05, 3.63) is 0 Å². The molecule has 0 spiro atoms. The van der Waals surface area contributed by atoms with Gasteiger partial charge in [-0.05, 0) is 13.0 Å². The van der Waals surface area contributed by atoms with Crippen molar-refractivity contribution < 1.29 is 19.8 Å². The molecule has 4 N–H and O–H groups in total. The summed E-state index contributed by atoms with van der Waals surface area (Å²) in [6.45, 7) is 3.15. The zero-order chi connectivity index (χ0) is 11.7. The standard InChI is InChI=1S/C9H18N2O4/c1-2-4-10-6-8(13)11-5-3-7(12)9(14)15/h7,10,12H,2-6H2,1H3,(H,11,13)(H,14,15)/t7-/m0/s1. The van der Waals surface area contributed by atoms with Crippen LogP contribution in [0.2, 0.25) is 0 Å². The Kier molecular flexibility index (Phi) is 7.57. The average molecular weight is 218 g/mol. The topological polar surface area (TPSA) is 98.7 Å². The third-order valence-electron chi connectivity index (χ3n) is 1.74. The van der Waals surface area contributed by atoms with Gasteiger partial charge in [-0.3, -0.25) is 4.79 Å². The molecule has 6 nitrogen and oxygen atoms in total. The van der Waals surface area contributed by atoms with Crippen LogP contribution in [0.1, 0.15) is 19.8 Å². The van der Waals surface area contributed by atoms with Crippen LogP contribution >= 0.6 is 0 Å². The molecule has 0 heterocycles. The highest BCUT2D eigenvalue weighted by Crippen LogP contribution is 1.88. The molecule has 0 rings (SSSR count). The fourth-order valence-electron chi connectivity index (χ4n) is 0.913. The Balaban J connectivity index is 3.42. The number of aliphatic hydroxyl groups excluding tert-OH is 1. The van der Waals surface area contributed by atoms with Gasteiger partial charge < -0.3 is 20.8 Å². The summed E-state index contributed by atoms with van der Waals surface area (Å²) in [4.78, 5) is 21.3. The van der Waals surface area contributed by atoms with Gasteiger partial charge in [-0.25, -0.2) is 4.79 Å². The first kappa shape index (κ1) is 13.9. The lowest BCUT2D eigenvalue weighted by atomic mass is 10.2. The van der Waals surface area contributed by atoms with Crippen LogP contribution in [0, 0.1) is 0 Å². The summed E-state index contributed by atoms with van der Waals surface area (Å²) >= 11 is 0. The molecule has 0 aromatic rings. The van der Waals surface area contributed by atoms with E-state index in [1.807, 2.05) is 6.92 Å². The Morgan fingerprint density at radius 3 is 2.53 bits per heavy atom. The third-order valence-corrected chi connectivity index (χ3v) is 1.74. The molecule has 0 bridgehead atoms. The maximum Gasteiger partial charge on any atom is 0.332 e. The summed E-state index contributed by atoms with van der Waals surface area (Å²) in [5, 5.41) is 22.6. The fraction of sp³-hybridized carbons (Fsp3) is 0.778. The van der Waals surface area contributed by atoms with Crippen LogP contribution in [0.4, 0.5) is 0 Å². The largest absolute Gasteiger partial charge is 0.479 e. The van der Waals surface area contributed by atoms with E-state index in [2.05, 4.69) is 10.6 Å². The molecule has 0 radical (unpaired) electrons. The van der Waals surface area contributed by atoms with E-state index >= 15 is 0 Å². The van der Waals surface area contributed by atoms with Gasteiger partial charge in [0.2, 0.25) is 5.91 Å². The van der Waals surface area contributed by atoms with Crippen molar-refractivity contribution in [1.29, 1.82) is 0 Å². The van der Waals surface area contributed by atoms with Crippen LogP contribution < -0.4 is 10.6 Å². The van der Waals surface area contributed by atoms with E-state index < -0.39 is 12.1 Å². The lowest BCUT2D eigenvalue weighted by molar-refractivity contribution is -0.147. The van der Waals surface area contributed by atoms with Gasteiger partial charge in [0.25, 0.3) is 0 Å². The molecule has 0 fully saturated rings. The maximum absolute atomic E-state index is 11.1. The Morgan fingerprint density at radius 1 is 1.33 bits per heavy atom. The van der Waals surface area contributed by atoms with Gasteiger partial charge in [0.1, 0.15) is 0 Å². The molecule has 0 unspecified atom stereocenters. The van der Waals surface area contributed by atoms with Gasteiger partial charge in [-0.15, -0.1) is 0 Å². The molecule has 0 saturated carbocycles. The van der Waals surface area contributed by atoms with Gasteiger partial charge in [0, 0.05) is 13.0 Å². The number of hydrogen-bond acceptors (Lipinski definition) is 4. The normalized spacial score (nSPS) is 12.1. The number of amides is 1. The minimum Gasteiger partial charge on any atom is -0.479 e. The fourth-order valence-corrected chi connectivity index (χ4v) is 0.913. The minimum absolute atomic E-state index is 0.0227. The van der Waals surface area contributed by atoms with E-state index in [-0.39, 0.29) is 25.4 Å². The van der Waals surface area contributed by atoms with Crippen molar-refractivity contribution in [2.75, 3.05) is 19.6 Å².